The monoisotopic (exact) mass is 169 g/mol. The van der Waals surface area contributed by atoms with E-state index in [9.17, 15) is 14.4 Å². The molecule has 0 aromatic carbocycles. The molecular formula is C6H7N3O3. The first-order valence-corrected chi connectivity index (χ1v) is 3.25. The summed E-state index contributed by atoms with van der Waals surface area (Å²) in [6, 6.07) is 0. The summed E-state index contributed by atoms with van der Waals surface area (Å²) < 4.78 is 0.959. The summed E-state index contributed by atoms with van der Waals surface area (Å²) >= 11 is 0. The predicted molar refractivity (Wildman–Crippen MR) is 39.8 cm³/mol. The van der Waals surface area contributed by atoms with Gasteiger partial charge >= 0.3 is 11.1 Å². The van der Waals surface area contributed by atoms with Gasteiger partial charge in [-0.15, -0.1) is 0 Å². The number of carbonyl (C=O) groups is 1. The van der Waals surface area contributed by atoms with Crippen molar-refractivity contribution in [2.75, 3.05) is 0 Å². The van der Waals surface area contributed by atoms with Crippen LogP contribution in [0.2, 0.25) is 0 Å². The van der Waals surface area contributed by atoms with Crippen LogP contribution in [0, 0.1) is 0 Å². The highest BCUT2D eigenvalue weighted by Crippen LogP contribution is 1.75. The van der Waals surface area contributed by atoms with Crippen molar-refractivity contribution in [1.82, 2.24) is 14.8 Å². The van der Waals surface area contributed by atoms with E-state index in [1.807, 2.05) is 5.10 Å². The maximum atomic E-state index is 10.9. The fraction of sp³-hybridized carbons (Fsp3) is 0.333. The van der Waals surface area contributed by atoms with Gasteiger partial charge in [-0.25, -0.2) is 5.10 Å². The number of aromatic nitrogens is 3. The summed E-state index contributed by atoms with van der Waals surface area (Å²) in [6.45, 7) is 1.21. The van der Waals surface area contributed by atoms with E-state index < -0.39 is 11.1 Å². The van der Waals surface area contributed by atoms with Crippen LogP contribution in [0.5, 0.6) is 0 Å². The predicted octanol–water partition coefficient (Wildman–Crippen LogP) is -1.48. The first-order chi connectivity index (χ1) is 5.61. The number of ketones is 1. The molecular weight excluding hydrogens is 162 g/mol. The highest BCUT2D eigenvalue weighted by Gasteiger charge is 2.01. The van der Waals surface area contributed by atoms with Crippen LogP contribution < -0.4 is 11.1 Å². The summed E-state index contributed by atoms with van der Waals surface area (Å²) in [5.41, 5.74) is -1.58. The number of Topliss-reactive ketones (excluding diaryl/α,β-unsaturated/α-hetero) is 1. The first-order valence-electron chi connectivity index (χ1n) is 3.25. The van der Waals surface area contributed by atoms with Crippen molar-refractivity contribution in [2.24, 2.45) is 0 Å². The number of hydrogen-bond acceptors (Lipinski definition) is 4. The van der Waals surface area contributed by atoms with Gasteiger partial charge in [0.1, 0.15) is 12.1 Å². The molecule has 0 amide bonds. The molecule has 0 unspecified atom stereocenters. The molecule has 1 aromatic heterocycles. The molecule has 1 aromatic rings. The average molecular weight is 169 g/mol. The van der Waals surface area contributed by atoms with E-state index in [2.05, 4.69) is 5.10 Å². The van der Waals surface area contributed by atoms with Crippen LogP contribution >= 0.6 is 0 Å². The Morgan fingerprint density at radius 1 is 1.67 bits per heavy atom. The molecule has 0 saturated heterocycles. The number of nitrogens with one attached hydrogen (secondary N) is 1. The Morgan fingerprint density at radius 3 is 2.92 bits per heavy atom. The van der Waals surface area contributed by atoms with Crippen LogP contribution in [0.1, 0.15) is 6.92 Å². The topological polar surface area (TPSA) is 84.8 Å². The maximum Gasteiger partial charge on any atom is 0.330 e. The quantitative estimate of drug-likeness (QED) is 0.547. The molecule has 1 N–H and O–H groups in total. The van der Waals surface area contributed by atoms with E-state index >= 15 is 0 Å². The zero-order valence-electron chi connectivity index (χ0n) is 6.40. The molecule has 0 radical (unpaired) electrons. The van der Waals surface area contributed by atoms with Gasteiger partial charge in [-0.2, -0.15) is 5.10 Å². The third-order valence-corrected chi connectivity index (χ3v) is 1.21. The highest BCUT2D eigenvalue weighted by atomic mass is 16.2. The van der Waals surface area contributed by atoms with E-state index in [1.165, 1.54) is 6.92 Å². The molecule has 12 heavy (non-hydrogen) atoms. The lowest BCUT2D eigenvalue weighted by Gasteiger charge is -1.97. The summed E-state index contributed by atoms with van der Waals surface area (Å²) in [5, 5.41) is 5.33. The van der Waals surface area contributed by atoms with Gasteiger partial charge in [-0.05, 0) is 6.92 Å². The number of nitrogens with zero attached hydrogens (tertiary/aromatic N) is 2. The van der Waals surface area contributed by atoms with E-state index in [4.69, 9.17) is 0 Å². The smallest absolute Gasteiger partial charge is 0.298 e. The number of carbonyl (C=O) groups excluding carboxylic acids is 1. The Kier molecular flexibility index (Phi) is 2.18. The second-order valence-electron chi connectivity index (χ2n) is 2.32. The Labute approximate surface area is 66.8 Å². The number of aromatic amines is 1. The van der Waals surface area contributed by atoms with Crippen molar-refractivity contribution in [1.29, 1.82) is 0 Å². The lowest BCUT2D eigenvalue weighted by Crippen LogP contribution is -2.37. The van der Waals surface area contributed by atoms with Gasteiger partial charge in [0.15, 0.2) is 0 Å². The SMILES string of the molecule is CC(=O)Cn1cn[nH]c(=O)c1=O. The highest BCUT2D eigenvalue weighted by molar-refractivity contribution is 5.75. The lowest BCUT2D eigenvalue weighted by molar-refractivity contribution is -0.117. The Balaban J connectivity index is 3.18. The van der Waals surface area contributed by atoms with Gasteiger partial charge in [0.25, 0.3) is 0 Å². The number of rotatable bonds is 2. The Hall–Kier alpha value is -1.72. The van der Waals surface area contributed by atoms with Gasteiger partial charge in [-0.1, -0.05) is 0 Å². The molecule has 1 rings (SSSR count). The minimum absolute atomic E-state index is 0.115. The molecule has 0 spiro atoms. The van der Waals surface area contributed by atoms with E-state index in [0.717, 1.165) is 10.9 Å². The fourth-order valence-electron chi connectivity index (χ4n) is 0.740. The minimum atomic E-state index is -0.821. The van der Waals surface area contributed by atoms with E-state index in [-0.39, 0.29) is 12.3 Å². The van der Waals surface area contributed by atoms with Crippen LogP contribution in [0.4, 0.5) is 0 Å². The molecule has 64 valence electrons. The van der Waals surface area contributed by atoms with Crippen LogP contribution in [-0.4, -0.2) is 20.5 Å². The molecule has 0 aliphatic rings. The Bertz CT molecular complexity index is 403. The largest absolute Gasteiger partial charge is 0.330 e. The number of H-pyrrole nitrogens is 1. The normalized spacial score (nSPS) is 9.75. The molecule has 0 atom stereocenters. The first kappa shape index (κ1) is 8.38. The van der Waals surface area contributed by atoms with Gasteiger partial charge in [-0.3, -0.25) is 19.0 Å². The zero-order chi connectivity index (χ0) is 9.14. The third kappa shape index (κ3) is 1.66. The number of hydrogen-bond donors (Lipinski definition) is 1. The second-order valence-corrected chi connectivity index (χ2v) is 2.32. The van der Waals surface area contributed by atoms with Crippen molar-refractivity contribution < 1.29 is 4.79 Å². The maximum absolute atomic E-state index is 10.9. The minimum Gasteiger partial charge on any atom is -0.298 e. The van der Waals surface area contributed by atoms with Gasteiger partial charge in [0.05, 0.1) is 6.54 Å². The van der Waals surface area contributed by atoms with E-state index in [1.54, 1.807) is 0 Å². The second kappa shape index (κ2) is 3.12. The lowest BCUT2D eigenvalue weighted by atomic mass is 10.4. The van der Waals surface area contributed by atoms with Gasteiger partial charge < -0.3 is 0 Å². The van der Waals surface area contributed by atoms with E-state index in [0.29, 0.717) is 0 Å². The fourth-order valence-corrected chi connectivity index (χ4v) is 0.740. The summed E-state index contributed by atoms with van der Waals surface area (Å²) in [7, 11) is 0. The van der Waals surface area contributed by atoms with Gasteiger partial charge in [0, 0.05) is 0 Å². The molecule has 0 bridgehead atoms. The summed E-state index contributed by atoms with van der Waals surface area (Å²) in [6.07, 6.45) is 1.12. The molecule has 6 heteroatoms. The van der Waals surface area contributed by atoms with Crippen molar-refractivity contribution in [2.45, 2.75) is 13.5 Å². The van der Waals surface area contributed by atoms with Crippen LogP contribution in [0.15, 0.2) is 15.9 Å². The zero-order valence-corrected chi connectivity index (χ0v) is 6.40. The molecule has 1 heterocycles. The Morgan fingerprint density at radius 2 is 2.33 bits per heavy atom. The van der Waals surface area contributed by atoms with Crippen molar-refractivity contribution in [3.8, 4) is 0 Å². The molecule has 0 fully saturated rings. The van der Waals surface area contributed by atoms with Crippen LogP contribution in [0.3, 0.4) is 0 Å². The molecule has 0 aliphatic heterocycles. The standard InChI is InChI=1S/C6H7N3O3/c1-4(10)2-9-3-7-8-5(11)6(9)12/h3H,2H2,1H3,(H,8,11). The third-order valence-electron chi connectivity index (χ3n) is 1.21. The van der Waals surface area contributed by atoms with Crippen molar-refractivity contribution in [3.63, 3.8) is 0 Å². The summed E-state index contributed by atoms with van der Waals surface area (Å²) in [5.74, 6) is -0.204. The van der Waals surface area contributed by atoms with Crippen LogP contribution in [-0.2, 0) is 11.3 Å². The molecule has 0 saturated carbocycles. The molecule has 6 nitrogen and oxygen atoms in total. The molecule has 0 aliphatic carbocycles. The van der Waals surface area contributed by atoms with Gasteiger partial charge in [0.2, 0.25) is 0 Å². The average Bonchev–Trinajstić information content (AvgIpc) is 1.98. The van der Waals surface area contributed by atoms with Crippen molar-refractivity contribution in [3.05, 3.63) is 27.0 Å². The summed E-state index contributed by atoms with van der Waals surface area (Å²) in [4.78, 5) is 32.2. The van der Waals surface area contributed by atoms with Crippen molar-refractivity contribution >= 4 is 5.78 Å². The van der Waals surface area contributed by atoms with Crippen LogP contribution in [0.25, 0.3) is 0 Å².